The third-order valence-electron chi connectivity index (χ3n) is 2.33. The van der Waals surface area contributed by atoms with E-state index in [9.17, 15) is 0 Å². The molecule has 0 saturated heterocycles. The predicted octanol–water partition coefficient (Wildman–Crippen LogP) is 2.75. The van der Waals surface area contributed by atoms with Gasteiger partial charge in [0.1, 0.15) is 5.82 Å². The van der Waals surface area contributed by atoms with Crippen LogP contribution < -0.4 is 10.6 Å². The quantitative estimate of drug-likeness (QED) is 0.777. The first-order valence-corrected chi connectivity index (χ1v) is 5.95. The zero-order valence-electron chi connectivity index (χ0n) is 10.6. The molecule has 1 unspecified atom stereocenters. The van der Waals surface area contributed by atoms with Crippen LogP contribution in [0.2, 0.25) is 0 Å². The summed E-state index contributed by atoms with van der Waals surface area (Å²) >= 11 is 0. The van der Waals surface area contributed by atoms with Crippen molar-refractivity contribution < 1.29 is 0 Å². The Balaban J connectivity index is 2.56. The van der Waals surface area contributed by atoms with Gasteiger partial charge in [0.05, 0.1) is 0 Å². The average molecular weight is 222 g/mol. The summed E-state index contributed by atoms with van der Waals surface area (Å²) in [5.74, 6) is 2.19. The van der Waals surface area contributed by atoms with E-state index >= 15 is 0 Å². The Hall–Kier alpha value is -1.32. The van der Waals surface area contributed by atoms with Crippen LogP contribution in [0.15, 0.2) is 12.3 Å². The molecule has 1 aromatic rings. The molecule has 0 aliphatic carbocycles. The van der Waals surface area contributed by atoms with E-state index in [0.717, 1.165) is 18.8 Å². The fourth-order valence-electron chi connectivity index (χ4n) is 1.16. The maximum atomic E-state index is 4.40. The molecule has 16 heavy (non-hydrogen) atoms. The van der Waals surface area contributed by atoms with Gasteiger partial charge in [0.15, 0.2) is 0 Å². The van der Waals surface area contributed by atoms with Gasteiger partial charge in [-0.05, 0) is 25.3 Å². The third kappa shape index (κ3) is 4.47. The summed E-state index contributed by atoms with van der Waals surface area (Å²) in [6.45, 7) is 9.54. The number of rotatable bonds is 6. The Morgan fingerprint density at radius 3 is 2.69 bits per heavy atom. The Labute approximate surface area is 97.9 Å². The second-order valence-electron chi connectivity index (χ2n) is 4.49. The van der Waals surface area contributed by atoms with Crippen LogP contribution in [0.25, 0.3) is 0 Å². The van der Waals surface area contributed by atoms with Crippen LogP contribution in [0.1, 0.15) is 34.1 Å². The van der Waals surface area contributed by atoms with Gasteiger partial charge in [0.2, 0.25) is 5.95 Å². The zero-order chi connectivity index (χ0) is 12.0. The predicted molar refractivity (Wildman–Crippen MR) is 68.7 cm³/mol. The first-order chi connectivity index (χ1) is 7.61. The summed E-state index contributed by atoms with van der Waals surface area (Å²) in [6.07, 6.45) is 2.84. The maximum Gasteiger partial charge on any atom is 0.224 e. The second kappa shape index (κ2) is 6.30. The van der Waals surface area contributed by atoms with Crippen LogP contribution in [0.4, 0.5) is 11.8 Å². The number of aromatic nitrogens is 2. The van der Waals surface area contributed by atoms with Crippen LogP contribution >= 0.6 is 0 Å². The first-order valence-electron chi connectivity index (χ1n) is 5.95. The molecule has 0 amide bonds. The topological polar surface area (TPSA) is 49.8 Å². The van der Waals surface area contributed by atoms with Crippen LogP contribution in [-0.2, 0) is 0 Å². The van der Waals surface area contributed by atoms with Crippen LogP contribution in [0, 0.1) is 5.92 Å². The summed E-state index contributed by atoms with van der Waals surface area (Å²) in [7, 11) is 0. The fraction of sp³-hybridized carbons (Fsp3) is 0.667. The highest BCUT2D eigenvalue weighted by atomic mass is 15.1. The van der Waals surface area contributed by atoms with Gasteiger partial charge in [-0.25, -0.2) is 4.98 Å². The molecule has 0 aliphatic heterocycles. The Kier molecular flexibility index (Phi) is 5.02. The highest BCUT2D eigenvalue weighted by Crippen LogP contribution is 2.08. The van der Waals surface area contributed by atoms with Crippen molar-refractivity contribution in [3.63, 3.8) is 0 Å². The van der Waals surface area contributed by atoms with Crippen molar-refractivity contribution in [3.8, 4) is 0 Å². The van der Waals surface area contributed by atoms with Gasteiger partial charge in [0.25, 0.3) is 0 Å². The molecule has 2 N–H and O–H groups in total. The number of anilines is 2. The lowest BCUT2D eigenvalue weighted by Gasteiger charge is -2.13. The minimum absolute atomic E-state index is 0.403. The largest absolute Gasteiger partial charge is 0.370 e. The monoisotopic (exact) mass is 222 g/mol. The molecule has 0 aliphatic rings. The average Bonchev–Trinajstić information content (AvgIpc) is 2.26. The van der Waals surface area contributed by atoms with Gasteiger partial charge in [-0.2, -0.15) is 4.98 Å². The van der Waals surface area contributed by atoms with E-state index in [1.54, 1.807) is 6.20 Å². The SMILES string of the molecule is CCC(C)Nc1nccc(NCC(C)C)n1. The number of nitrogens with one attached hydrogen (secondary N) is 2. The molecule has 1 rings (SSSR count). The summed E-state index contributed by atoms with van der Waals surface area (Å²) in [6, 6.07) is 2.30. The Morgan fingerprint density at radius 1 is 1.31 bits per heavy atom. The van der Waals surface area contributed by atoms with E-state index in [1.165, 1.54) is 0 Å². The van der Waals surface area contributed by atoms with Crippen LogP contribution in [0.3, 0.4) is 0 Å². The molecular weight excluding hydrogens is 200 g/mol. The van der Waals surface area contributed by atoms with Crippen LogP contribution in [-0.4, -0.2) is 22.6 Å². The van der Waals surface area contributed by atoms with Crippen molar-refractivity contribution in [2.24, 2.45) is 5.92 Å². The first kappa shape index (κ1) is 12.7. The zero-order valence-corrected chi connectivity index (χ0v) is 10.6. The van der Waals surface area contributed by atoms with Crippen molar-refractivity contribution in [2.45, 2.75) is 40.2 Å². The molecule has 90 valence electrons. The van der Waals surface area contributed by atoms with Crippen molar-refractivity contribution in [3.05, 3.63) is 12.3 Å². The molecule has 1 heterocycles. The summed E-state index contributed by atoms with van der Waals surface area (Å²) in [4.78, 5) is 8.59. The van der Waals surface area contributed by atoms with Crippen molar-refractivity contribution in [2.75, 3.05) is 17.2 Å². The highest BCUT2D eigenvalue weighted by Gasteiger charge is 2.02. The molecule has 0 fully saturated rings. The number of nitrogens with zero attached hydrogens (tertiary/aromatic N) is 2. The van der Waals surface area contributed by atoms with Gasteiger partial charge in [-0.1, -0.05) is 20.8 Å². The Morgan fingerprint density at radius 2 is 2.06 bits per heavy atom. The van der Waals surface area contributed by atoms with Gasteiger partial charge in [0, 0.05) is 18.8 Å². The van der Waals surface area contributed by atoms with Crippen LogP contribution in [0.5, 0.6) is 0 Å². The molecule has 0 aromatic carbocycles. The minimum Gasteiger partial charge on any atom is -0.370 e. The molecule has 0 bridgehead atoms. The van der Waals surface area contributed by atoms with Crippen molar-refractivity contribution in [1.82, 2.24) is 9.97 Å². The highest BCUT2D eigenvalue weighted by molar-refractivity contribution is 5.39. The molecule has 0 saturated carbocycles. The lowest BCUT2D eigenvalue weighted by molar-refractivity contribution is 0.686. The molecule has 4 nitrogen and oxygen atoms in total. The van der Waals surface area contributed by atoms with E-state index in [2.05, 4.69) is 48.3 Å². The maximum absolute atomic E-state index is 4.40. The van der Waals surface area contributed by atoms with Gasteiger partial charge in [-0.3, -0.25) is 0 Å². The second-order valence-corrected chi connectivity index (χ2v) is 4.49. The molecule has 0 radical (unpaired) electrons. The fourth-order valence-corrected chi connectivity index (χ4v) is 1.16. The molecule has 0 spiro atoms. The van der Waals surface area contributed by atoms with E-state index in [-0.39, 0.29) is 0 Å². The smallest absolute Gasteiger partial charge is 0.224 e. The number of hydrogen-bond donors (Lipinski definition) is 2. The van der Waals surface area contributed by atoms with E-state index in [0.29, 0.717) is 17.9 Å². The van der Waals surface area contributed by atoms with Gasteiger partial charge < -0.3 is 10.6 Å². The summed E-state index contributed by atoms with van der Waals surface area (Å²) in [5, 5.41) is 6.54. The van der Waals surface area contributed by atoms with E-state index < -0.39 is 0 Å². The minimum atomic E-state index is 0.403. The normalized spacial score (nSPS) is 12.6. The van der Waals surface area contributed by atoms with Gasteiger partial charge in [-0.15, -0.1) is 0 Å². The Bertz CT molecular complexity index is 312. The molecule has 1 atom stereocenters. The standard InChI is InChI=1S/C12H22N4/c1-5-10(4)15-12-13-7-6-11(16-12)14-8-9(2)3/h6-7,9-10H,5,8H2,1-4H3,(H2,13,14,15,16). The summed E-state index contributed by atoms with van der Waals surface area (Å²) < 4.78 is 0. The lowest BCUT2D eigenvalue weighted by atomic mass is 10.2. The van der Waals surface area contributed by atoms with Crippen molar-refractivity contribution >= 4 is 11.8 Å². The lowest BCUT2D eigenvalue weighted by Crippen LogP contribution is -2.16. The third-order valence-corrected chi connectivity index (χ3v) is 2.33. The molecular formula is C12H22N4. The van der Waals surface area contributed by atoms with Gasteiger partial charge >= 0.3 is 0 Å². The molecule has 1 aromatic heterocycles. The molecule has 4 heteroatoms. The number of hydrogen-bond acceptors (Lipinski definition) is 4. The van der Waals surface area contributed by atoms with Crippen molar-refractivity contribution in [1.29, 1.82) is 0 Å². The van der Waals surface area contributed by atoms with E-state index in [4.69, 9.17) is 0 Å². The summed E-state index contributed by atoms with van der Waals surface area (Å²) in [5.41, 5.74) is 0. The van der Waals surface area contributed by atoms with E-state index in [1.807, 2.05) is 6.07 Å².